The summed E-state index contributed by atoms with van der Waals surface area (Å²) < 4.78 is 1.92. The molecular weight excluding hydrogens is 410 g/mol. The highest BCUT2D eigenvalue weighted by molar-refractivity contribution is 9.10. The number of carbonyl (C=O) groups excluding carboxylic acids is 1. The molecule has 0 radical (unpaired) electrons. The topological polar surface area (TPSA) is 54.9 Å². The summed E-state index contributed by atoms with van der Waals surface area (Å²) in [5.74, 6) is -0.191. The first kappa shape index (κ1) is 16.9. The van der Waals surface area contributed by atoms with Crippen LogP contribution in [0.2, 0.25) is 0 Å². The molecule has 4 rings (SSSR count). The zero-order chi connectivity index (χ0) is 18.1. The Balaban J connectivity index is 1.68. The van der Waals surface area contributed by atoms with Crippen molar-refractivity contribution in [1.82, 2.24) is 9.97 Å². The fraction of sp³-hybridized carbons (Fsp3) is 0.0500. The van der Waals surface area contributed by atoms with E-state index in [1.54, 1.807) is 29.8 Å². The van der Waals surface area contributed by atoms with E-state index in [1.165, 1.54) is 0 Å². The van der Waals surface area contributed by atoms with Crippen molar-refractivity contribution in [3.8, 4) is 10.6 Å². The summed E-state index contributed by atoms with van der Waals surface area (Å²) >= 11 is 4.99. The second-order valence-electron chi connectivity index (χ2n) is 5.81. The van der Waals surface area contributed by atoms with Gasteiger partial charge in [-0.25, -0.2) is 4.98 Å². The molecule has 4 nitrogen and oxygen atoms in total. The highest BCUT2D eigenvalue weighted by Gasteiger charge is 2.13. The molecule has 0 fully saturated rings. The molecule has 0 aliphatic carbocycles. The fourth-order valence-electron chi connectivity index (χ4n) is 2.72. The van der Waals surface area contributed by atoms with E-state index in [1.807, 2.05) is 43.3 Å². The molecule has 0 unspecified atom stereocenters. The van der Waals surface area contributed by atoms with Crippen LogP contribution >= 0.6 is 27.3 Å². The first-order valence-electron chi connectivity index (χ1n) is 7.99. The third-order valence-electron chi connectivity index (χ3n) is 4.07. The quantitative estimate of drug-likeness (QED) is 0.460. The number of nitrogens with zero attached hydrogens (tertiary/aromatic N) is 2. The lowest BCUT2D eigenvalue weighted by molar-refractivity contribution is 0.102. The van der Waals surface area contributed by atoms with Gasteiger partial charge in [-0.1, -0.05) is 24.3 Å². The summed E-state index contributed by atoms with van der Waals surface area (Å²) in [5, 5.41) is 3.92. The van der Waals surface area contributed by atoms with Crippen LogP contribution in [-0.2, 0) is 0 Å². The van der Waals surface area contributed by atoms with Crippen molar-refractivity contribution >= 4 is 49.1 Å². The first-order chi connectivity index (χ1) is 12.6. The minimum atomic E-state index is -0.191. The number of hydrogen-bond acceptors (Lipinski definition) is 4. The summed E-state index contributed by atoms with van der Waals surface area (Å²) in [7, 11) is 0. The second kappa shape index (κ2) is 6.97. The van der Waals surface area contributed by atoms with E-state index in [0.29, 0.717) is 5.56 Å². The van der Waals surface area contributed by atoms with E-state index < -0.39 is 0 Å². The van der Waals surface area contributed by atoms with E-state index in [-0.39, 0.29) is 5.91 Å². The maximum Gasteiger partial charge on any atom is 0.257 e. The average Bonchev–Trinajstić information content (AvgIpc) is 3.07. The van der Waals surface area contributed by atoms with Crippen molar-refractivity contribution in [2.45, 2.75) is 6.92 Å². The lowest BCUT2D eigenvalue weighted by atomic mass is 10.1. The van der Waals surface area contributed by atoms with Gasteiger partial charge in [0.1, 0.15) is 5.01 Å². The number of anilines is 1. The van der Waals surface area contributed by atoms with Gasteiger partial charge in [0.05, 0.1) is 15.8 Å². The lowest BCUT2D eigenvalue weighted by Gasteiger charge is -2.11. The Morgan fingerprint density at radius 1 is 1.12 bits per heavy atom. The van der Waals surface area contributed by atoms with Crippen molar-refractivity contribution in [3.63, 3.8) is 0 Å². The Bertz CT molecular complexity index is 1090. The van der Waals surface area contributed by atoms with Gasteiger partial charge < -0.3 is 5.32 Å². The maximum atomic E-state index is 12.5. The highest BCUT2D eigenvalue weighted by atomic mass is 79.9. The molecule has 0 aliphatic rings. The molecule has 128 valence electrons. The molecular formula is C20H14BrN3OS. The molecule has 0 bridgehead atoms. The predicted octanol–water partition coefficient (Wildman–Crippen LogP) is 5.68. The molecule has 26 heavy (non-hydrogen) atoms. The number of halogens is 1. The molecule has 0 spiro atoms. The van der Waals surface area contributed by atoms with E-state index in [4.69, 9.17) is 4.98 Å². The van der Waals surface area contributed by atoms with Gasteiger partial charge in [-0.05, 0) is 52.7 Å². The van der Waals surface area contributed by atoms with Crippen LogP contribution < -0.4 is 5.32 Å². The molecule has 1 N–H and O–H groups in total. The van der Waals surface area contributed by atoms with Crippen LogP contribution in [0.25, 0.3) is 20.8 Å². The molecule has 2 aromatic heterocycles. The maximum absolute atomic E-state index is 12.5. The van der Waals surface area contributed by atoms with Crippen molar-refractivity contribution < 1.29 is 4.79 Å². The standard InChI is InChI=1S/C20H14BrN3OS/c1-12-15(20-24-17-6-2-3-8-18(17)26-20)5-4-7-16(12)23-19(25)13-9-14(21)11-22-10-13/h2-11H,1H3,(H,23,25). The molecule has 0 saturated heterocycles. The minimum Gasteiger partial charge on any atom is -0.322 e. The molecule has 2 aromatic carbocycles. The zero-order valence-electron chi connectivity index (χ0n) is 13.9. The number of nitrogens with one attached hydrogen (secondary N) is 1. The van der Waals surface area contributed by atoms with Gasteiger partial charge in [0, 0.05) is 28.1 Å². The second-order valence-corrected chi connectivity index (χ2v) is 7.76. The number of amides is 1. The Morgan fingerprint density at radius 3 is 2.77 bits per heavy atom. The molecule has 4 aromatic rings. The third kappa shape index (κ3) is 3.25. The van der Waals surface area contributed by atoms with Gasteiger partial charge in [0.2, 0.25) is 0 Å². The normalized spacial score (nSPS) is 10.8. The number of aromatic nitrogens is 2. The summed E-state index contributed by atoms with van der Waals surface area (Å²) in [6.07, 6.45) is 3.20. The van der Waals surface area contributed by atoms with Crippen molar-refractivity contribution in [1.29, 1.82) is 0 Å². The number of carbonyl (C=O) groups is 1. The SMILES string of the molecule is Cc1c(NC(=O)c2cncc(Br)c2)cccc1-c1nc2ccccc2s1. The summed E-state index contributed by atoms with van der Waals surface area (Å²) in [6.45, 7) is 2.00. The number of thiazole rings is 1. The van der Waals surface area contributed by atoms with Crippen LogP contribution in [0.3, 0.4) is 0 Å². The number of hydrogen-bond donors (Lipinski definition) is 1. The minimum absolute atomic E-state index is 0.191. The van der Waals surface area contributed by atoms with Crippen LogP contribution in [0.5, 0.6) is 0 Å². The fourth-order valence-corrected chi connectivity index (χ4v) is 4.13. The van der Waals surface area contributed by atoms with Gasteiger partial charge in [-0.15, -0.1) is 11.3 Å². The zero-order valence-corrected chi connectivity index (χ0v) is 16.3. The van der Waals surface area contributed by atoms with Gasteiger partial charge in [0.15, 0.2) is 0 Å². The smallest absolute Gasteiger partial charge is 0.257 e. The number of fused-ring (bicyclic) bond motifs is 1. The Morgan fingerprint density at radius 2 is 1.96 bits per heavy atom. The average molecular weight is 424 g/mol. The summed E-state index contributed by atoms with van der Waals surface area (Å²) in [5.41, 5.74) is 4.27. The Labute approximate surface area is 163 Å². The van der Waals surface area contributed by atoms with Crippen molar-refractivity contribution in [2.75, 3.05) is 5.32 Å². The van der Waals surface area contributed by atoms with Gasteiger partial charge in [-0.3, -0.25) is 9.78 Å². The van der Waals surface area contributed by atoms with Crippen molar-refractivity contribution in [2.24, 2.45) is 0 Å². The van der Waals surface area contributed by atoms with Crippen LogP contribution in [0, 0.1) is 6.92 Å². The van der Waals surface area contributed by atoms with Crippen LogP contribution in [-0.4, -0.2) is 15.9 Å². The molecule has 0 atom stereocenters. The van der Waals surface area contributed by atoms with Gasteiger partial charge in [0.25, 0.3) is 5.91 Å². The first-order valence-corrected chi connectivity index (χ1v) is 9.60. The molecule has 0 aliphatic heterocycles. The Kier molecular flexibility index (Phi) is 4.53. The van der Waals surface area contributed by atoms with Crippen LogP contribution in [0.1, 0.15) is 15.9 Å². The van der Waals surface area contributed by atoms with Crippen LogP contribution in [0.4, 0.5) is 5.69 Å². The molecule has 6 heteroatoms. The van der Waals surface area contributed by atoms with Gasteiger partial charge >= 0.3 is 0 Å². The molecule has 2 heterocycles. The number of pyridine rings is 1. The van der Waals surface area contributed by atoms with E-state index in [2.05, 4.69) is 32.3 Å². The van der Waals surface area contributed by atoms with E-state index in [9.17, 15) is 4.79 Å². The largest absolute Gasteiger partial charge is 0.322 e. The van der Waals surface area contributed by atoms with Crippen molar-refractivity contribution in [3.05, 3.63) is 76.5 Å². The van der Waals surface area contributed by atoms with Crippen LogP contribution in [0.15, 0.2) is 65.4 Å². The predicted molar refractivity (Wildman–Crippen MR) is 110 cm³/mol. The monoisotopic (exact) mass is 423 g/mol. The van der Waals surface area contributed by atoms with Gasteiger partial charge in [-0.2, -0.15) is 0 Å². The lowest BCUT2D eigenvalue weighted by Crippen LogP contribution is -2.13. The summed E-state index contributed by atoms with van der Waals surface area (Å²) in [4.78, 5) is 21.3. The molecule has 1 amide bonds. The number of benzene rings is 2. The number of rotatable bonds is 3. The third-order valence-corrected chi connectivity index (χ3v) is 5.58. The van der Waals surface area contributed by atoms with E-state index in [0.717, 1.165) is 36.5 Å². The Hall–Kier alpha value is -2.57. The highest BCUT2D eigenvalue weighted by Crippen LogP contribution is 2.34. The summed E-state index contributed by atoms with van der Waals surface area (Å²) in [6, 6.07) is 15.7. The van der Waals surface area contributed by atoms with E-state index >= 15 is 0 Å². The molecule has 0 saturated carbocycles. The number of para-hydroxylation sites is 1.